The lowest BCUT2D eigenvalue weighted by Gasteiger charge is -2.22. The van der Waals surface area contributed by atoms with E-state index in [4.69, 9.17) is 14.2 Å². The summed E-state index contributed by atoms with van der Waals surface area (Å²) in [4.78, 5) is 38.8. The van der Waals surface area contributed by atoms with Gasteiger partial charge in [-0.1, -0.05) is 0 Å². The highest BCUT2D eigenvalue weighted by molar-refractivity contribution is 6.03. The zero-order valence-electron chi connectivity index (χ0n) is 17.4. The van der Waals surface area contributed by atoms with Crippen LogP contribution in [0.4, 0.5) is 11.4 Å². The molecule has 0 spiro atoms. The maximum atomic E-state index is 12.7. The van der Waals surface area contributed by atoms with Crippen LogP contribution in [0.1, 0.15) is 30.6 Å². The number of amides is 2. The zero-order valence-corrected chi connectivity index (χ0v) is 17.4. The van der Waals surface area contributed by atoms with Crippen LogP contribution in [0.3, 0.4) is 0 Å². The molecule has 2 aliphatic rings. The molecule has 8 heteroatoms. The lowest BCUT2D eigenvalue weighted by atomic mass is 10.1. The van der Waals surface area contributed by atoms with Gasteiger partial charge in [-0.05, 0) is 50.2 Å². The molecule has 1 unspecified atom stereocenters. The first kappa shape index (κ1) is 20.7. The third-order valence-corrected chi connectivity index (χ3v) is 5.06. The van der Waals surface area contributed by atoms with Gasteiger partial charge in [0.2, 0.25) is 11.8 Å². The van der Waals surface area contributed by atoms with Crippen LogP contribution in [0, 0.1) is 5.92 Å². The van der Waals surface area contributed by atoms with Crippen molar-refractivity contribution in [3.05, 3.63) is 48.0 Å². The summed E-state index contributed by atoms with van der Waals surface area (Å²) in [6.45, 7) is 4.80. The topological polar surface area (TPSA) is 94.2 Å². The first-order chi connectivity index (χ1) is 14.9. The van der Waals surface area contributed by atoms with Crippen molar-refractivity contribution >= 4 is 29.2 Å². The SMILES string of the molecule is CC(C)OC(=O)c1ccc(NC(=O)C2CC(=O)N(c3ccc4c(c3)OCCO4)C2)cc1. The van der Waals surface area contributed by atoms with Gasteiger partial charge in [-0.3, -0.25) is 9.59 Å². The van der Waals surface area contributed by atoms with Gasteiger partial charge in [0.1, 0.15) is 13.2 Å². The molecule has 2 amide bonds. The number of nitrogens with one attached hydrogen (secondary N) is 1. The number of anilines is 2. The maximum absolute atomic E-state index is 12.7. The average Bonchev–Trinajstić information content (AvgIpc) is 3.15. The molecular formula is C23H24N2O6. The van der Waals surface area contributed by atoms with Crippen LogP contribution in [0.15, 0.2) is 42.5 Å². The highest BCUT2D eigenvalue weighted by Gasteiger charge is 2.35. The minimum absolute atomic E-state index is 0.122. The molecular weight excluding hydrogens is 400 g/mol. The summed E-state index contributed by atoms with van der Waals surface area (Å²) in [5.41, 5.74) is 1.64. The number of carbonyl (C=O) groups is 3. The summed E-state index contributed by atoms with van der Waals surface area (Å²) >= 11 is 0. The van der Waals surface area contributed by atoms with Gasteiger partial charge in [0.25, 0.3) is 0 Å². The molecule has 31 heavy (non-hydrogen) atoms. The summed E-state index contributed by atoms with van der Waals surface area (Å²) in [5, 5.41) is 2.82. The van der Waals surface area contributed by atoms with Crippen LogP contribution >= 0.6 is 0 Å². The third kappa shape index (κ3) is 4.63. The molecule has 1 fully saturated rings. The van der Waals surface area contributed by atoms with Crippen LogP contribution in [0.5, 0.6) is 11.5 Å². The highest BCUT2D eigenvalue weighted by Crippen LogP contribution is 2.36. The van der Waals surface area contributed by atoms with E-state index in [1.54, 1.807) is 61.2 Å². The van der Waals surface area contributed by atoms with Gasteiger partial charge in [-0.15, -0.1) is 0 Å². The van der Waals surface area contributed by atoms with E-state index >= 15 is 0 Å². The monoisotopic (exact) mass is 424 g/mol. The number of carbonyl (C=O) groups excluding carboxylic acids is 3. The summed E-state index contributed by atoms with van der Waals surface area (Å²) in [6, 6.07) is 11.8. The molecule has 2 aromatic rings. The summed E-state index contributed by atoms with van der Waals surface area (Å²) in [6.07, 6.45) is -0.0806. The number of nitrogens with zero attached hydrogens (tertiary/aromatic N) is 1. The van der Waals surface area contributed by atoms with Gasteiger partial charge in [0.05, 0.1) is 17.6 Å². The Hall–Kier alpha value is -3.55. The summed E-state index contributed by atoms with van der Waals surface area (Å²) < 4.78 is 16.3. The summed E-state index contributed by atoms with van der Waals surface area (Å²) in [5.74, 6) is -0.0117. The van der Waals surface area contributed by atoms with Crippen LogP contribution in [-0.2, 0) is 14.3 Å². The lowest BCUT2D eigenvalue weighted by molar-refractivity contribution is -0.122. The van der Waals surface area contributed by atoms with E-state index in [0.717, 1.165) is 0 Å². The fourth-order valence-electron chi connectivity index (χ4n) is 3.55. The molecule has 162 valence electrons. The predicted molar refractivity (Wildman–Crippen MR) is 114 cm³/mol. The Morgan fingerprint density at radius 1 is 1.06 bits per heavy atom. The number of ether oxygens (including phenoxy) is 3. The molecule has 0 aromatic heterocycles. The minimum atomic E-state index is -0.480. The Kier molecular flexibility index (Phi) is 5.79. The smallest absolute Gasteiger partial charge is 0.338 e. The standard InChI is InChI=1S/C23H24N2O6/c1-14(2)31-23(28)15-3-5-17(6-4-15)24-22(27)16-11-21(26)25(13-16)18-7-8-19-20(12-18)30-10-9-29-19/h3-8,12,14,16H,9-11,13H2,1-2H3,(H,24,27). The molecule has 4 rings (SSSR count). The maximum Gasteiger partial charge on any atom is 0.338 e. The van der Waals surface area contributed by atoms with Crippen molar-refractivity contribution < 1.29 is 28.6 Å². The second-order valence-corrected chi connectivity index (χ2v) is 7.75. The molecule has 0 aliphatic carbocycles. The number of hydrogen-bond acceptors (Lipinski definition) is 6. The van der Waals surface area contributed by atoms with Crippen LogP contribution in [0.25, 0.3) is 0 Å². The number of fused-ring (bicyclic) bond motifs is 1. The molecule has 2 heterocycles. The van der Waals surface area contributed by atoms with Crippen molar-refractivity contribution in [1.82, 2.24) is 0 Å². The lowest BCUT2D eigenvalue weighted by Crippen LogP contribution is -2.28. The fraction of sp³-hybridized carbons (Fsp3) is 0.348. The van der Waals surface area contributed by atoms with Crippen molar-refractivity contribution in [2.75, 3.05) is 30.0 Å². The normalized spacial score (nSPS) is 17.6. The molecule has 8 nitrogen and oxygen atoms in total. The Labute approximate surface area is 180 Å². The molecule has 0 radical (unpaired) electrons. The Morgan fingerprint density at radius 3 is 2.48 bits per heavy atom. The second kappa shape index (κ2) is 8.67. The van der Waals surface area contributed by atoms with Crippen molar-refractivity contribution in [2.45, 2.75) is 26.4 Å². The Bertz CT molecular complexity index is 1000. The largest absolute Gasteiger partial charge is 0.486 e. The molecule has 0 saturated carbocycles. The quantitative estimate of drug-likeness (QED) is 0.742. The van der Waals surface area contributed by atoms with Gasteiger partial charge in [0, 0.05) is 30.4 Å². The van der Waals surface area contributed by atoms with E-state index < -0.39 is 11.9 Å². The van der Waals surface area contributed by atoms with Crippen molar-refractivity contribution in [1.29, 1.82) is 0 Å². The van der Waals surface area contributed by atoms with Gasteiger partial charge in [0.15, 0.2) is 11.5 Å². The average molecular weight is 424 g/mol. The molecule has 2 aliphatic heterocycles. The molecule has 2 aromatic carbocycles. The van der Waals surface area contributed by atoms with E-state index in [1.165, 1.54) is 0 Å². The highest BCUT2D eigenvalue weighted by atomic mass is 16.6. The molecule has 1 N–H and O–H groups in total. The third-order valence-electron chi connectivity index (χ3n) is 5.06. The molecule has 1 saturated heterocycles. The number of rotatable bonds is 5. The first-order valence-electron chi connectivity index (χ1n) is 10.2. The van der Waals surface area contributed by atoms with Gasteiger partial charge >= 0.3 is 5.97 Å². The number of hydrogen-bond donors (Lipinski definition) is 1. The molecule has 1 atom stereocenters. The van der Waals surface area contributed by atoms with E-state index in [1.807, 2.05) is 0 Å². The van der Waals surface area contributed by atoms with E-state index in [0.29, 0.717) is 41.7 Å². The number of benzene rings is 2. The first-order valence-corrected chi connectivity index (χ1v) is 10.2. The van der Waals surface area contributed by atoms with E-state index in [9.17, 15) is 14.4 Å². The molecule has 0 bridgehead atoms. The van der Waals surface area contributed by atoms with Crippen LogP contribution in [-0.4, -0.2) is 43.6 Å². The van der Waals surface area contributed by atoms with Gasteiger partial charge in [-0.25, -0.2) is 4.79 Å². The second-order valence-electron chi connectivity index (χ2n) is 7.75. The Balaban J connectivity index is 1.39. The van der Waals surface area contributed by atoms with Crippen LogP contribution in [0.2, 0.25) is 0 Å². The zero-order chi connectivity index (χ0) is 22.0. The minimum Gasteiger partial charge on any atom is -0.486 e. The number of esters is 1. The Morgan fingerprint density at radius 2 is 1.77 bits per heavy atom. The van der Waals surface area contributed by atoms with Gasteiger partial charge < -0.3 is 24.4 Å². The van der Waals surface area contributed by atoms with E-state index in [-0.39, 0.29) is 30.9 Å². The van der Waals surface area contributed by atoms with Crippen molar-refractivity contribution in [3.63, 3.8) is 0 Å². The fourth-order valence-corrected chi connectivity index (χ4v) is 3.55. The van der Waals surface area contributed by atoms with Crippen LogP contribution < -0.4 is 19.7 Å². The van der Waals surface area contributed by atoms with Gasteiger partial charge in [-0.2, -0.15) is 0 Å². The predicted octanol–water partition coefficient (Wildman–Crippen LogP) is 3.01. The van der Waals surface area contributed by atoms with Crippen molar-refractivity contribution in [2.24, 2.45) is 5.92 Å². The van der Waals surface area contributed by atoms with E-state index in [2.05, 4.69) is 5.32 Å². The summed E-state index contributed by atoms with van der Waals surface area (Å²) in [7, 11) is 0. The van der Waals surface area contributed by atoms with Crippen molar-refractivity contribution in [3.8, 4) is 11.5 Å².